The van der Waals surface area contributed by atoms with Crippen LogP contribution in [0.4, 0.5) is 0 Å². The minimum atomic E-state index is -0.960. The normalized spacial score (nSPS) is 33.1. The molecule has 116 valence electrons. The molecule has 0 saturated carbocycles. The van der Waals surface area contributed by atoms with E-state index in [2.05, 4.69) is 0 Å². The molecule has 0 aliphatic carbocycles. The van der Waals surface area contributed by atoms with E-state index in [4.69, 9.17) is 14.6 Å². The van der Waals surface area contributed by atoms with E-state index < -0.39 is 12.2 Å². The summed E-state index contributed by atoms with van der Waals surface area (Å²) in [6.45, 7) is 1.31. The molecule has 1 aromatic carbocycles. The number of rotatable bonds is 4. The fourth-order valence-electron chi connectivity index (χ4n) is 3.44. The molecule has 3 saturated heterocycles. The van der Waals surface area contributed by atoms with Gasteiger partial charge in [-0.15, -0.1) is 0 Å². The summed E-state index contributed by atoms with van der Waals surface area (Å²) < 4.78 is 11.0. The molecule has 4 rings (SSSR count). The quantitative estimate of drug-likeness (QED) is 0.851. The standard InChI is InChI=1S/C16H17NO5/c18-14-11(6-13-8-21-13)5-12-7-22-15(17(12)14)9-1-3-10(4-2-9)16(19)20/h1-4,11-13,15H,5-8H2,(H,19,20)/t11-,12-,13?,15+/m0/s1. The van der Waals surface area contributed by atoms with E-state index in [0.29, 0.717) is 6.61 Å². The third-order valence-corrected chi connectivity index (χ3v) is 4.65. The van der Waals surface area contributed by atoms with Crippen molar-refractivity contribution in [1.82, 2.24) is 4.90 Å². The first-order valence-corrected chi connectivity index (χ1v) is 7.52. The van der Waals surface area contributed by atoms with E-state index in [1.54, 1.807) is 24.3 Å². The Kier molecular flexibility index (Phi) is 3.16. The predicted molar refractivity (Wildman–Crippen MR) is 75.2 cm³/mol. The van der Waals surface area contributed by atoms with Crippen molar-refractivity contribution in [2.75, 3.05) is 13.2 Å². The number of epoxide rings is 1. The Hall–Kier alpha value is -1.92. The molecule has 3 aliphatic rings. The number of carbonyl (C=O) groups excluding carboxylic acids is 1. The van der Waals surface area contributed by atoms with E-state index in [1.807, 2.05) is 4.90 Å². The van der Waals surface area contributed by atoms with Crippen molar-refractivity contribution in [2.45, 2.75) is 31.2 Å². The topological polar surface area (TPSA) is 79.4 Å². The number of carbonyl (C=O) groups is 2. The van der Waals surface area contributed by atoms with Crippen molar-refractivity contribution < 1.29 is 24.2 Å². The average Bonchev–Trinajstić information content (AvgIpc) is 3.15. The number of amides is 1. The Balaban J connectivity index is 1.53. The maximum absolute atomic E-state index is 12.6. The molecule has 3 heterocycles. The van der Waals surface area contributed by atoms with Gasteiger partial charge in [0.25, 0.3) is 0 Å². The molecule has 3 fully saturated rings. The molecular formula is C16H17NO5. The molecule has 0 bridgehead atoms. The van der Waals surface area contributed by atoms with Gasteiger partial charge in [0.05, 0.1) is 30.9 Å². The highest BCUT2D eigenvalue weighted by Crippen LogP contribution is 2.41. The summed E-state index contributed by atoms with van der Waals surface area (Å²) in [6, 6.07) is 6.66. The SMILES string of the molecule is O=C(O)c1ccc([C@H]2OC[C@@H]3C[C@@H](CC4CO4)C(=O)N32)cc1. The maximum atomic E-state index is 12.6. The molecule has 22 heavy (non-hydrogen) atoms. The van der Waals surface area contributed by atoms with Gasteiger partial charge < -0.3 is 19.5 Å². The fraction of sp³-hybridized carbons (Fsp3) is 0.500. The summed E-state index contributed by atoms with van der Waals surface area (Å²) in [5.74, 6) is -0.800. The van der Waals surface area contributed by atoms with Gasteiger partial charge in [-0.2, -0.15) is 0 Å². The Morgan fingerprint density at radius 3 is 2.59 bits per heavy atom. The summed E-state index contributed by atoms with van der Waals surface area (Å²) in [5, 5.41) is 8.95. The van der Waals surface area contributed by atoms with Gasteiger partial charge in [0, 0.05) is 11.5 Å². The van der Waals surface area contributed by atoms with Crippen molar-refractivity contribution in [2.24, 2.45) is 5.92 Å². The monoisotopic (exact) mass is 303 g/mol. The van der Waals surface area contributed by atoms with Crippen molar-refractivity contribution in [1.29, 1.82) is 0 Å². The van der Waals surface area contributed by atoms with E-state index in [0.717, 1.165) is 25.0 Å². The highest BCUT2D eigenvalue weighted by molar-refractivity contribution is 5.87. The third kappa shape index (κ3) is 2.28. The van der Waals surface area contributed by atoms with E-state index in [-0.39, 0.29) is 29.5 Å². The van der Waals surface area contributed by atoms with Crippen LogP contribution in [0.25, 0.3) is 0 Å². The average molecular weight is 303 g/mol. The molecule has 1 N–H and O–H groups in total. The van der Waals surface area contributed by atoms with Crippen LogP contribution in [0.1, 0.15) is 35.0 Å². The van der Waals surface area contributed by atoms with Crippen LogP contribution in [0.5, 0.6) is 0 Å². The van der Waals surface area contributed by atoms with Crippen LogP contribution in [0, 0.1) is 5.92 Å². The summed E-state index contributed by atoms with van der Waals surface area (Å²) in [5.41, 5.74) is 1.05. The van der Waals surface area contributed by atoms with Crippen LogP contribution in [0.2, 0.25) is 0 Å². The Morgan fingerprint density at radius 1 is 1.23 bits per heavy atom. The molecule has 1 amide bonds. The lowest BCUT2D eigenvalue weighted by atomic mass is 10.00. The highest BCUT2D eigenvalue weighted by Gasteiger charge is 2.49. The van der Waals surface area contributed by atoms with Crippen LogP contribution in [0.3, 0.4) is 0 Å². The predicted octanol–water partition coefficient (Wildman–Crippen LogP) is 1.42. The van der Waals surface area contributed by atoms with E-state index in [9.17, 15) is 9.59 Å². The Bertz CT molecular complexity index is 609. The van der Waals surface area contributed by atoms with Gasteiger partial charge in [0.15, 0.2) is 6.23 Å². The van der Waals surface area contributed by atoms with Crippen molar-refractivity contribution in [3.05, 3.63) is 35.4 Å². The second-order valence-corrected chi connectivity index (χ2v) is 6.14. The number of fused-ring (bicyclic) bond motifs is 1. The largest absolute Gasteiger partial charge is 0.478 e. The lowest BCUT2D eigenvalue weighted by Gasteiger charge is -2.23. The first-order valence-electron chi connectivity index (χ1n) is 7.52. The van der Waals surface area contributed by atoms with Crippen molar-refractivity contribution >= 4 is 11.9 Å². The Labute approximate surface area is 127 Å². The van der Waals surface area contributed by atoms with Gasteiger partial charge in [-0.3, -0.25) is 4.79 Å². The lowest BCUT2D eigenvalue weighted by Crippen LogP contribution is -2.32. The van der Waals surface area contributed by atoms with Gasteiger partial charge in [-0.05, 0) is 25.0 Å². The second-order valence-electron chi connectivity index (χ2n) is 6.14. The van der Waals surface area contributed by atoms with Crippen molar-refractivity contribution in [3.8, 4) is 0 Å². The molecule has 3 aliphatic heterocycles. The zero-order valence-corrected chi connectivity index (χ0v) is 12.0. The maximum Gasteiger partial charge on any atom is 0.335 e. The molecule has 0 aromatic heterocycles. The van der Waals surface area contributed by atoms with Crippen LogP contribution >= 0.6 is 0 Å². The highest BCUT2D eigenvalue weighted by atomic mass is 16.6. The summed E-state index contributed by atoms with van der Waals surface area (Å²) in [7, 11) is 0. The zero-order valence-electron chi connectivity index (χ0n) is 12.0. The number of nitrogens with zero attached hydrogens (tertiary/aromatic N) is 1. The van der Waals surface area contributed by atoms with Crippen LogP contribution in [-0.4, -0.2) is 47.2 Å². The second kappa shape index (κ2) is 5.07. The number of ether oxygens (including phenoxy) is 2. The van der Waals surface area contributed by atoms with Crippen LogP contribution in [0.15, 0.2) is 24.3 Å². The van der Waals surface area contributed by atoms with Gasteiger partial charge in [0.2, 0.25) is 5.91 Å². The molecule has 6 heteroatoms. The van der Waals surface area contributed by atoms with Crippen LogP contribution in [-0.2, 0) is 14.3 Å². The molecule has 0 radical (unpaired) electrons. The number of benzene rings is 1. The van der Waals surface area contributed by atoms with Gasteiger partial charge in [0.1, 0.15) is 0 Å². The summed E-state index contributed by atoms with van der Waals surface area (Å²) >= 11 is 0. The number of aromatic carboxylic acids is 1. The Morgan fingerprint density at radius 2 is 1.95 bits per heavy atom. The summed E-state index contributed by atoms with van der Waals surface area (Å²) in [4.78, 5) is 25.3. The van der Waals surface area contributed by atoms with E-state index in [1.165, 1.54) is 0 Å². The molecule has 4 atom stereocenters. The first kappa shape index (κ1) is 13.7. The first-order chi connectivity index (χ1) is 10.6. The number of hydrogen-bond donors (Lipinski definition) is 1. The smallest absolute Gasteiger partial charge is 0.335 e. The summed E-state index contributed by atoms with van der Waals surface area (Å²) in [6.07, 6.45) is 1.48. The number of hydrogen-bond acceptors (Lipinski definition) is 4. The van der Waals surface area contributed by atoms with Crippen LogP contribution < -0.4 is 0 Å². The van der Waals surface area contributed by atoms with E-state index >= 15 is 0 Å². The fourth-order valence-corrected chi connectivity index (χ4v) is 3.44. The van der Waals surface area contributed by atoms with Crippen molar-refractivity contribution in [3.63, 3.8) is 0 Å². The van der Waals surface area contributed by atoms with Gasteiger partial charge in [-0.1, -0.05) is 12.1 Å². The zero-order chi connectivity index (χ0) is 15.3. The minimum absolute atomic E-state index is 0.0298. The molecule has 0 spiro atoms. The van der Waals surface area contributed by atoms with Gasteiger partial charge in [-0.25, -0.2) is 4.79 Å². The van der Waals surface area contributed by atoms with Gasteiger partial charge >= 0.3 is 5.97 Å². The minimum Gasteiger partial charge on any atom is -0.478 e. The number of carboxylic acids is 1. The molecule has 6 nitrogen and oxygen atoms in total. The molecule has 1 aromatic rings. The number of carboxylic acid groups (broad SMARTS) is 1. The molecular weight excluding hydrogens is 286 g/mol. The molecule has 1 unspecified atom stereocenters. The third-order valence-electron chi connectivity index (χ3n) is 4.65. The lowest BCUT2D eigenvalue weighted by molar-refractivity contribution is -0.137.